The number of carbonyl (C=O) groups excluding carboxylic acids is 1. The third-order valence-electron chi connectivity index (χ3n) is 3.52. The molecule has 1 N–H and O–H groups in total. The zero-order valence-electron chi connectivity index (χ0n) is 11.2. The first-order valence-corrected chi connectivity index (χ1v) is 8.70. The van der Waals surface area contributed by atoms with Gasteiger partial charge in [0.15, 0.2) is 0 Å². The number of aromatic nitrogens is 1. The summed E-state index contributed by atoms with van der Waals surface area (Å²) in [6.45, 7) is 1.73. The molecule has 1 fully saturated rings. The minimum absolute atomic E-state index is 0.136. The number of amides is 1. The van der Waals surface area contributed by atoms with Crippen molar-refractivity contribution in [2.75, 3.05) is 6.54 Å². The Labute approximate surface area is 125 Å². The first kappa shape index (κ1) is 16.2. The van der Waals surface area contributed by atoms with E-state index in [4.69, 9.17) is 10.7 Å². The molecular weight excluding hydrogens is 326 g/mol. The number of halogens is 3. The van der Waals surface area contributed by atoms with Gasteiger partial charge in [-0.05, 0) is 24.3 Å². The van der Waals surface area contributed by atoms with Crippen LogP contribution in [-0.2, 0) is 15.6 Å². The van der Waals surface area contributed by atoms with Crippen molar-refractivity contribution in [2.45, 2.75) is 31.2 Å². The maximum absolute atomic E-state index is 12.5. The smallest absolute Gasteiger partial charge is 0.267 e. The van der Waals surface area contributed by atoms with Gasteiger partial charge >= 0.3 is 0 Å². The summed E-state index contributed by atoms with van der Waals surface area (Å²) in [5.41, 5.74) is -0.136. The second kappa shape index (κ2) is 5.92. The van der Waals surface area contributed by atoms with E-state index in [1.807, 2.05) is 0 Å². The molecule has 0 aliphatic heterocycles. The van der Waals surface area contributed by atoms with Crippen LogP contribution in [0, 0.1) is 11.8 Å². The Morgan fingerprint density at radius 1 is 1.57 bits per heavy atom. The summed E-state index contributed by atoms with van der Waals surface area (Å²) in [6.07, 6.45) is -0.749. The summed E-state index contributed by atoms with van der Waals surface area (Å²) >= 11 is 0. The quantitative estimate of drug-likeness (QED) is 0.806. The number of hydrogen-bond donors (Lipinski definition) is 1. The molecule has 0 radical (unpaired) electrons. The zero-order valence-corrected chi connectivity index (χ0v) is 12.8. The van der Waals surface area contributed by atoms with Gasteiger partial charge in [0.2, 0.25) is 0 Å². The standard InChI is InChI=1S/C12H15ClF2N2O3S/c1-7-2-8(7)4-16-12(18)10-3-9(21(13,19)20)5-17(10)6-11(14)15/h3,5,7-8,11H,2,4,6H2,1H3,(H,16,18). The molecule has 9 heteroatoms. The van der Waals surface area contributed by atoms with Crippen molar-refractivity contribution >= 4 is 25.6 Å². The number of rotatable bonds is 6. The van der Waals surface area contributed by atoms with E-state index in [1.54, 1.807) is 0 Å². The Hall–Kier alpha value is -1.15. The molecule has 1 aliphatic rings. The number of nitrogens with zero attached hydrogens (tertiary/aromatic N) is 1. The molecule has 1 aromatic heterocycles. The predicted octanol–water partition coefficient (Wildman–Crippen LogP) is 2.07. The van der Waals surface area contributed by atoms with Crippen LogP contribution in [0.25, 0.3) is 0 Å². The van der Waals surface area contributed by atoms with Crippen LogP contribution in [0.4, 0.5) is 8.78 Å². The Morgan fingerprint density at radius 3 is 2.67 bits per heavy atom. The molecule has 1 heterocycles. The summed E-state index contributed by atoms with van der Waals surface area (Å²) < 4.78 is 48.4. The van der Waals surface area contributed by atoms with Crippen LogP contribution in [-0.4, -0.2) is 31.9 Å². The van der Waals surface area contributed by atoms with Crippen molar-refractivity contribution in [1.29, 1.82) is 0 Å². The van der Waals surface area contributed by atoms with Gasteiger partial charge in [0.05, 0.1) is 6.54 Å². The maximum Gasteiger partial charge on any atom is 0.267 e. The van der Waals surface area contributed by atoms with Gasteiger partial charge < -0.3 is 9.88 Å². The third-order valence-corrected chi connectivity index (χ3v) is 4.84. The van der Waals surface area contributed by atoms with Gasteiger partial charge in [-0.3, -0.25) is 4.79 Å². The van der Waals surface area contributed by atoms with Crippen LogP contribution >= 0.6 is 10.7 Å². The molecule has 1 aromatic rings. The van der Waals surface area contributed by atoms with Crippen LogP contribution in [0.1, 0.15) is 23.8 Å². The largest absolute Gasteiger partial charge is 0.350 e. The summed E-state index contributed by atoms with van der Waals surface area (Å²) in [7, 11) is 1.11. The maximum atomic E-state index is 12.5. The van der Waals surface area contributed by atoms with Crippen molar-refractivity contribution in [2.24, 2.45) is 11.8 Å². The van der Waals surface area contributed by atoms with Crippen LogP contribution in [0.2, 0.25) is 0 Å². The summed E-state index contributed by atoms with van der Waals surface area (Å²) in [6, 6.07) is 1.01. The van der Waals surface area contributed by atoms with E-state index in [0.29, 0.717) is 18.4 Å². The molecule has 0 saturated heterocycles. The Bertz CT molecular complexity index is 645. The molecule has 0 aromatic carbocycles. The van der Waals surface area contributed by atoms with E-state index in [2.05, 4.69) is 12.2 Å². The SMILES string of the molecule is CC1CC1CNC(=O)c1cc(S(=O)(=O)Cl)cn1CC(F)F. The monoisotopic (exact) mass is 340 g/mol. The first-order valence-electron chi connectivity index (χ1n) is 6.39. The predicted molar refractivity (Wildman–Crippen MR) is 73.1 cm³/mol. The van der Waals surface area contributed by atoms with Gasteiger partial charge in [-0.2, -0.15) is 0 Å². The van der Waals surface area contributed by atoms with Gasteiger partial charge in [-0.1, -0.05) is 6.92 Å². The highest BCUT2D eigenvalue weighted by atomic mass is 35.7. The minimum Gasteiger partial charge on any atom is -0.350 e. The van der Waals surface area contributed by atoms with E-state index in [-0.39, 0.29) is 10.6 Å². The number of hydrogen-bond acceptors (Lipinski definition) is 3. The van der Waals surface area contributed by atoms with Gasteiger partial charge in [0.1, 0.15) is 10.6 Å². The van der Waals surface area contributed by atoms with Crippen molar-refractivity contribution in [3.05, 3.63) is 18.0 Å². The third kappa shape index (κ3) is 4.16. The fourth-order valence-corrected chi connectivity index (χ4v) is 2.86. The molecule has 0 bridgehead atoms. The Kier molecular flexibility index (Phi) is 4.57. The summed E-state index contributed by atoms with van der Waals surface area (Å²) in [4.78, 5) is 11.6. The molecule has 21 heavy (non-hydrogen) atoms. The number of nitrogens with one attached hydrogen (secondary N) is 1. The highest BCUT2D eigenvalue weighted by molar-refractivity contribution is 8.13. The van der Waals surface area contributed by atoms with Crippen LogP contribution in [0.5, 0.6) is 0 Å². The zero-order chi connectivity index (χ0) is 15.8. The lowest BCUT2D eigenvalue weighted by molar-refractivity contribution is 0.0928. The van der Waals surface area contributed by atoms with E-state index >= 15 is 0 Å². The highest BCUT2D eigenvalue weighted by Gasteiger charge is 2.33. The summed E-state index contributed by atoms with van der Waals surface area (Å²) in [5.74, 6) is 0.349. The topological polar surface area (TPSA) is 68.2 Å². The van der Waals surface area contributed by atoms with Gasteiger partial charge in [0.25, 0.3) is 21.4 Å². The van der Waals surface area contributed by atoms with Crippen LogP contribution in [0.3, 0.4) is 0 Å². The highest BCUT2D eigenvalue weighted by Crippen LogP contribution is 2.36. The first-order chi connectivity index (χ1) is 9.68. The second-order valence-corrected chi connectivity index (χ2v) is 7.79. The van der Waals surface area contributed by atoms with E-state index < -0.39 is 27.9 Å². The Morgan fingerprint density at radius 2 is 2.19 bits per heavy atom. The molecule has 0 spiro atoms. The molecule has 2 atom stereocenters. The number of alkyl halides is 2. The fourth-order valence-electron chi connectivity index (χ4n) is 2.10. The van der Waals surface area contributed by atoms with Crippen LogP contribution < -0.4 is 5.32 Å². The average Bonchev–Trinajstić information content (AvgIpc) is 2.86. The van der Waals surface area contributed by atoms with Gasteiger partial charge in [-0.15, -0.1) is 0 Å². The van der Waals surface area contributed by atoms with Crippen molar-refractivity contribution in [1.82, 2.24) is 9.88 Å². The molecular formula is C12H15ClF2N2O3S. The van der Waals surface area contributed by atoms with Crippen LogP contribution in [0.15, 0.2) is 17.2 Å². The minimum atomic E-state index is -4.08. The van der Waals surface area contributed by atoms with Gasteiger partial charge in [0, 0.05) is 23.4 Å². The fraction of sp³-hybridized carbons (Fsp3) is 0.583. The lowest BCUT2D eigenvalue weighted by Gasteiger charge is -2.08. The molecule has 2 unspecified atom stereocenters. The van der Waals surface area contributed by atoms with E-state index in [9.17, 15) is 22.0 Å². The molecule has 118 valence electrons. The van der Waals surface area contributed by atoms with Crippen molar-refractivity contribution in [3.8, 4) is 0 Å². The van der Waals surface area contributed by atoms with E-state index in [1.165, 1.54) is 0 Å². The molecule has 1 aliphatic carbocycles. The molecule has 1 amide bonds. The summed E-state index contributed by atoms with van der Waals surface area (Å²) in [5, 5.41) is 2.63. The lowest BCUT2D eigenvalue weighted by atomic mass is 10.3. The molecule has 1 saturated carbocycles. The van der Waals surface area contributed by atoms with Crippen molar-refractivity contribution < 1.29 is 22.0 Å². The van der Waals surface area contributed by atoms with E-state index in [0.717, 1.165) is 23.3 Å². The second-order valence-electron chi connectivity index (χ2n) is 5.23. The molecule has 5 nitrogen and oxygen atoms in total. The van der Waals surface area contributed by atoms with Gasteiger partial charge in [-0.25, -0.2) is 17.2 Å². The average molecular weight is 341 g/mol. The van der Waals surface area contributed by atoms with Crippen molar-refractivity contribution in [3.63, 3.8) is 0 Å². The molecule has 2 rings (SSSR count). The number of carbonyl (C=O) groups is 1. The lowest BCUT2D eigenvalue weighted by Crippen LogP contribution is -2.28. The normalized spacial score (nSPS) is 21.6. The Balaban J connectivity index is 2.18.